The summed E-state index contributed by atoms with van der Waals surface area (Å²) in [5.74, 6) is 0.144. The second-order valence-corrected chi connectivity index (χ2v) is 5.06. The van der Waals surface area contributed by atoms with E-state index in [9.17, 15) is 8.42 Å². The molecule has 0 radical (unpaired) electrons. The summed E-state index contributed by atoms with van der Waals surface area (Å²) < 4.78 is 23.2. The van der Waals surface area contributed by atoms with Crippen LogP contribution in [0.15, 0.2) is 23.6 Å². The molecule has 1 heterocycles. The first kappa shape index (κ1) is 11.1. The van der Waals surface area contributed by atoms with E-state index in [0.29, 0.717) is 6.42 Å². The second-order valence-electron chi connectivity index (χ2n) is 3.06. The topological polar surface area (TPSA) is 59.9 Å². The highest BCUT2D eigenvalue weighted by atomic mass is 32.2. The number of hydrogen-bond acceptors (Lipinski definition) is 4. The number of rotatable bonds is 5. The first-order valence-electron chi connectivity index (χ1n) is 4.66. The molecule has 0 fully saturated rings. The van der Waals surface area contributed by atoms with Gasteiger partial charge in [0.25, 0.3) is 0 Å². The fourth-order valence-corrected chi connectivity index (χ4v) is 2.29. The molecule has 0 saturated carbocycles. The molecule has 0 aliphatic heterocycles. The molecule has 0 N–H and O–H groups in total. The molecule has 0 amide bonds. The molecule has 0 aliphatic carbocycles. The zero-order valence-corrected chi connectivity index (χ0v) is 9.00. The van der Waals surface area contributed by atoms with E-state index in [4.69, 9.17) is 0 Å². The van der Waals surface area contributed by atoms with Crippen molar-refractivity contribution in [3.63, 3.8) is 0 Å². The number of hydrogen-bond donors (Lipinski definition) is 0. The van der Waals surface area contributed by atoms with Crippen LogP contribution in [0.25, 0.3) is 0 Å². The molecule has 1 rings (SSSR count). The van der Waals surface area contributed by atoms with Gasteiger partial charge in [0.1, 0.15) is 0 Å². The van der Waals surface area contributed by atoms with Gasteiger partial charge in [0.15, 0.2) is 0 Å². The van der Waals surface area contributed by atoms with E-state index >= 15 is 0 Å². The first-order chi connectivity index (χ1) is 6.67. The van der Waals surface area contributed by atoms with E-state index in [1.54, 1.807) is 6.07 Å². The van der Waals surface area contributed by atoms with Crippen molar-refractivity contribution in [2.45, 2.75) is 31.3 Å². The Morgan fingerprint density at radius 1 is 1.21 bits per heavy atom. The van der Waals surface area contributed by atoms with Crippen LogP contribution in [0, 0.1) is 0 Å². The quantitative estimate of drug-likeness (QED) is 0.549. The fraction of sp³-hybridized carbons (Fsp3) is 0.556. The van der Waals surface area contributed by atoms with Crippen LogP contribution in [0.1, 0.15) is 26.2 Å². The Morgan fingerprint density at radius 2 is 1.86 bits per heavy atom. The van der Waals surface area contributed by atoms with E-state index in [2.05, 4.69) is 9.97 Å². The first-order valence-corrected chi connectivity index (χ1v) is 6.32. The molecule has 1 aromatic heterocycles. The van der Waals surface area contributed by atoms with Gasteiger partial charge in [-0.3, -0.25) is 0 Å². The third-order valence-electron chi connectivity index (χ3n) is 1.84. The van der Waals surface area contributed by atoms with Crippen LogP contribution in [-0.4, -0.2) is 24.1 Å². The van der Waals surface area contributed by atoms with Gasteiger partial charge in [0.2, 0.25) is 15.0 Å². The van der Waals surface area contributed by atoms with Crippen LogP contribution < -0.4 is 0 Å². The van der Waals surface area contributed by atoms with Gasteiger partial charge >= 0.3 is 0 Å². The molecule has 0 aliphatic rings. The number of nitrogens with zero attached hydrogens (tertiary/aromatic N) is 2. The average Bonchev–Trinajstić information content (AvgIpc) is 2.19. The van der Waals surface area contributed by atoms with Gasteiger partial charge in [-0.2, -0.15) is 0 Å². The van der Waals surface area contributed by atoms with Crippen molar-refractivity contribution in [1.29, 1.82) is 0 Å². The van der Waals surface area contributed by atoms with Crippen molar-refractivity contribution >= 4 is 9.84 Å². The molecule has 0 atom stereocenters. The lowest BCUT2D eigenvalue weighted by Crippen LogP contribution is -2.10. The Morgan fingerprint density at radius 3 is 2.43 bits per heavy atom. The summed E-state index contributed by atoms with van der Waals surface area (Å²) in [5, 5.41) is -0.0592. The van der Waals surface area contributed by atoms with Gasteiger partial charge in [-0.05, 0) is 12.5 Å². The molecule has 0 aromatic carbocycles. The molecule has 0 bridgehead atoms. The fourth-order valence-electron chi connectivity index (χ4n) is 1.08. The SMILES string of the molecule is CCCCCS(=O)(=O)c1ncccn1. The highest BCUT2D eigenvalue weighted by Gasteiger charge is 2.15. The van der Waals surface area contributed by atoms with Crippen molar-refractivity contribution in [1.82, 2.24) is 9.97 Å². The largest absolute Gasteiger partial charge is 0.246 e. The number of sulfone groups is 1. The number of aromatic nitrogens is 2. The molecule has 0 saturated heterocycles. The maximum absolute atomic E-state index is 11.6. The third-order valence-corrected chi connectivity index (χ3v) is 3.43. The van der Waals surface area contributed by atoms with Gasteiger partial charge in [-0.25, -0.2) is 18.4 Å². The van der Waals surface area contributed by atoms with Crippen LogP contribution in [0.4, 0.5) is 0 Å². The molecule has 1 aromatic rings. The smallest absolute Gasteiger partial charge is 0.227 e. The van der Waals surface area contributed by atoms with Crippen LogP contribution in [-0.2, 0) is 9.84 Å². The predicted octanol–water partition coefficient (Wildman–Crippen LogP) is 1.44. The van der Waals surface area contributed by atoms with Gasteiger partial charge in [-0.15, -0.1) is 0 Å². The average molecular weight is 214 g/mol. The van der Waals surface area contributed by atoms with Gasteiger partial charge < -0.3 is 0 Å². The minimum atomic E-state index is -3.25. The van der Waals surface area contributed by atoms with Crippen LogP contribution in [0.3, 0.4) is 0 Å². The lowest BCUT2D eigenvalue weighted by atomic mass is 10.3. The molecular weight excluding hydrogens is 200 g/mol. The van der Waals surface area contributed by atoms with Crippen molar-refractivity contribution in [3.8, 4) is 0 Å². The number of unbranched alkanes of at least 4 members (excludes halogenated alkanes) is 2. The standard InChI is InChI=1S/C9H14N2O2S/c1-2-3-4-8-14(12,13)9-10-6-5-7-11-9/h5-7H,2-4,8H2,1H3. The summed E-state index contributed by atoms with van der Waals surface area (Å²) in [4.78, 5) is 7.46. The summed E-state index contributed by atoms with van der Waals surface area (Å²) in [6.07, 6.45) is 5.49. The molecular formula is C9H14N2O2S. The molecule has 14 heavy (non-hydrogen) atoms. The molecule has 0 unspecified atom stereocenters. The minimum absolute atomic E-state index is 0.0592. The van der Waals surface area contributed by atoms with E-state index in [0.717, 1.165) is 12.8 Å². The maximum atomic E-state index is 11.6. The molecule has 78 valence electrons. The Labute approximate surface area is 84.3 Å². The van der Waals surface area contributed by atoms with E-state index in [1.165, 1.54) is 12.4 Å². The monoisotopic (exact) mass is 214 g/mol. The molecule has 4 nitrogen and oxygen atoms in total. The third kappa shape index (κ3) is 3.06. The lowest BCUT2D eigenvalue weighted by molar-refractivity contribution is 0.582. The lowest BCUT2D eigenvalue weighted by Gasteiger charge is -2.00. The second kappa shape index (κ2) is 5.05. The zero-order valence-electron chi connectivity index (χ0n) is 8.18. The highest BCUT2D eigenvalue weighted by molar-refractivity contribution is 7.91. The maximum Gasteiger partial charge on any atom is 0.246 e. The Bertz CT molecular complexity index is 362. The van der Waals surface area contributed by atoms with Crippen LogP contribution in [0.5, 0.6) is 0 Å². The normalized spacial score (nSPS) is 11.5. The van der Waals surface area contributed by atoms with E-state index < -0.39 is 9.84 Å². The predicted molar refractivity (Wildman–Crippen MR) is 53.6 cm³/mol. The summed E-state index contributed by atoms with van der Waals surface area (Å²) in [5.41, 5.74) is 0. The van der Waals surface area contributed by atoms with E-state index in [-0.39, 0.29) is 10.9 Å². The van der Waals surface area contributed by atoms with Crippen molar-refractivity contribution < 1.29 is 8.42 Å². The van der Waals surface area contributed by atoms with Gasteiger partial charge in [0, 0.05) is 12.4 Å². The van der Waals surface area contributed by atoms with E-state index in [1.807, 2.05) is 6.92 Å². The Balaban J connectivity index is 2.67. The minimum Gasteiger partial charge on any atom is -0.227 e. The summed E-state index contributed by atoms with van der Waals surface area (Å²) in [6, 6.07) is 1.60. The van der Waals surface area contributed by atoms with Crippen LogP contribution in [0.2, 0.25) is 0 Å². The van der Waals surface area contributed by atoms with Crippen molar-refractivity contribution in [3.05, 3.63) is 18.5 Å². The highest BCUT2D eigenvalue weighted by Crippen LogP contribution is 2.06. The van der Waals surface area contributed by atoms with Gasteiger partial charge in [-0.1, -0.05) is 19.8 Å². The Kier molecular flexibility index (Phi) is 4.00. The molecule has 0 spiro atoms. The summed E-state index contributed by atoms with van der Waals surface area (Å²) >= 11 is 0. The summed E-state index contributed by atoms with van der Waals surface area (Å²) in [6.45, 7) is 2.03. The van der Waals surface area contributed by atoms with Gasteiger partial charge in [0.05, 0.1) is 5.75 Å². The zero-order chi connectivity index (χ0) is 10.4. The van der Waals surface area contributed by atoms with Crippen molar-refractivity contribution in [2.75, 3.05) is 5.75 Å². The Hall–Kier alpha value is -0.970. The van der Waals surface area contributed by atoms with Crippen molar-refractivity contribution in [2.24, 2.45) is 0 Å². The van der Waals surface area contributed by atoms with Crippen LogP contribution >= 0.6 is 0 Å². The summed E-state index contributed by atoms with van der Waals surface area (Å²) in [7, 11) is -3.25. The molecule has 5 heteroatoms.